The molecular formula is C41H36GeIrN2O2-2. The number of fused-ring (bicyclic) bond motifs is 7. The fraction of sp³-hybridized carbons (Fsp3) is 0.171. The summed E-state index contributed by atoms with van der Waals surface area (Å²) in [6.07, 6.45) is 3.39. The maximum absolute atomic E-state index is 8.52. The van der Waals surface area contributed by atoms with Gasteiger partial charge in [0.25, 0.3) is 0 Å². The molecular weight excluding hydrogens is 817 g/mol. The molecule has 8 rings (SSSR count). The van der Waals surface area contributed by atoms with Gasteiger partial charge in [-0.3, -0.25) is 0 Å². The number of nitrogens with zero attached hydrogens (tertiary/aromatic N) is 2. The summed E-state index contributed by atoms with van der Waals surface area (Å²) >= 11 is -1.72. The van der Waals surface area contributed by atoms with E-state index in [9.17, 15) is 0 Å². The molecule has 0 atom stereocenters. The third kappa shape index (κ3) is 6.32. The number of pyridine rings is 2. The molecule has 0 unspecified atom stereocenters. The smallest absolute Gasteiger partial charge is 0 e. The van der Waals surface area contributed by atoms with Crippen LogP contribution >= 0.6 is 0 Å². The Hall–Kier alpha value is -4.03. The number of para-hydroxylation sites is 1. The van der Waals surface area contributed by atoms with Crippen molar-refractivity contribution in [3.63, 3.8) is 0 Å². The Morgan fingerprint density at radius 3 is 2.15 bits per heavy atom. The molecule has 4 nitrogen and oxygen atoms in total. The third-order valence-electron chi connectivity index (χ3n) is 8.26. The summed E-state index contributed by atoms with van der Waals surface area (Å²) in [5.74, 6) is 6.02. The Balaban J connectivity index is 0.000000222. The van der Waals surface area contributed by atoms with Crippen molar-refractivity contribution in [3.05, 3.63) is 127 Å². The minimum Gasteiger partial charge on any atom is 0 e. The zero-order chi connectivity index (χ0) is 35.4. The third-order valence-corrected chi connectivity index (χ3v) is 12.5. The van der Waals surface area contributed by atoms with Gasteiger partial charge in [-0.25, -0.2) is 0 Å². The van der Waals surface area contributed by atoms with Crippen molar-refractivity contribution in [2.24, 2.45) is 0 Å². The molecule has 4 heterocycles. The molecule has 4 aromatic heterocycles. The largest absolute Gasteiger partial charge is 0 e. The fourth-order valence-corrected chi connectivity index (χ4v) is 7.90. The van der Waals surface area contributed by atoms with Gasteiger partial charge < -0.3 is 13.8 Å². The standard InChI is InChI=1S/C27H20NO2.C14H16GeN.Ir/c1-15(2)22-13-23(28-14-16(22)3)21-9-6-8-18-20-12-11-19-17-7-4-5-10-24(17)29-26(19)27(20)30-25(18)21;1-15(2,3)13-9-10-14(16-11-13)12-7-5-4-6-8-12;/h4-8,10-15H,1-3H3;4-7,9-11H,1-3H3;/q2*-1;/i3D3,15D;;. The second-order valence-electron chi connectivity index (χ2n) is 12.7. The summed E-state index contributed by atoms with van der Waals surface area (Å²) < 4.78 is 46.1. The fourth-order valence-electron chi connectivity index (χ4n) is 5.73. The molecule has 1 radical (unpaired) electrons. The number of benzene rings is 4. The second kappa shape index (κ2) is 13.2. The number of hydrogen-bond donors (Lipinski definition) is 0. The first-order valence-corrected chi connectivity index (χ1v) is 22.7. The molecule has 0 aliphatic heterocycles. The quantitative estimate of drug-likeness (QED) is 0.131. The van der Waals surface area contributed by atoms with Gasteiger partial charge in [0.15, 0.2) is 11.2 Å². The summed E-state index contributed by atoms with van der Waals surface area (Å²) in [5.41, 5.74) is 6.38. The molecule has 0 bridgehead atoms. The van der Waals surface area contributed by atoms with Gasteiger partial charge >= 0.3 is 99.8 Å². The van der Waals surface area contributed by atoms with Crippen LogP contribution < -0.4 is 4.40 Å². The van der Waals surface area contributed by atoms with Crippen LogP contribution in [0, 0.1) is 19.0 Å². The van der Waals surface area contributed by atoms with Crippen molar-refractivity contribution in [1.82, 2.24) is 9.97 Å². The Kier molecular flexibility index (Phi) is 7.89. The van der Waals surface area contributed by atoms with Gasteiger partial charge in [0, 0.05) is 47.9 Å². The molecule has 0 fully saturated rings. The number of aromatic nitrogens is 2. The Morgan fingerprint density at radius 2 is 1.45 bits per heavy atom. The zero-order valence-electron chi connectivity index (χ0n) is 30.9. The molecule has 0 saturated carbocycles. The molecule has 0 aliphatic carbocycles. The minimum absolute atomic E-state index is 0. The minimum atomic E-state index is -2.36. The number of rotatable bonds is 4. The van der Waals surface area contributed by atoms with Crippen molar-refractivity contribution in [2.75, 3.05) is 0 Å². The van der Waals surface area contributed by atoms with Gasteiger partial charge in [-0.2, -0.15) is 0 Å². The number of aryl methyl sites for hydroxylation is 1. The predicted octanol–water partition coefficient (Wildman–Crippen LogP) is 10.9. The van der Waals surface area contributed by atoms with Crippen LogP contribution in [-0.2, 0) is 20.1 Å². The van der Waals surface area contributed by atoms with Crippen LogP contribution in [0.2, 0.25) is 17.3 Å². The summed E-state index contributed by atoms with van der Waals surface area (Å²) in [6, 6.07) is 36.1. The van der Waals surface area contributed by atoms with Crippen LogP contribution in [0.25, 0.3) is 66.4 Å². The van der Waals surface area contributed by atoms with Crippen molar-refractivity contribution in [3.8, 4) is 22.5 Å². The first-order chi connectivity index (χ1) is 23.7. The van der Waals surface area contributed by atoms with Crippen molar-refractivity contribution >= 4 is 61.5 Å². The van der Waals surface area contributed by atoms with E-state index in [4.69, 9.17) is 14.3 Å². The average molecular weight is 858 g/mol. The molecule has 6 heteroatoms. The Bertz CT molecular complexity index is 2500. The maximum Gasteiger partial charge on any atom is 0 e. The SMILES string of the molecule is [2H]C([2H])([2H])c1cnc(-c2[c-]ccc3c2oc2c3ccc3c4ccccc4oc32)cc1C([2H])(C)C.[CH3][Ge]([CH3])([CH3])[c]1ccc(-c2[c-]cccc2)nc1.[Ir]. The van der Waals surface area contributed by atoms with Crippen LogP contribution in [0.4, 0.5) is 0 Å². The van der Waals surface area contributed by atoms with E-state index in [1.54, 1.807) is 26.0 Å². The molecule has 8 aromatic rings. The predicted molar refractivity (Wildman–Crippen MR) is 193 cm³/mol. The van der Waals surface area contributed by atoms with E-state index in [2.05, 4.69) is 51.5 Å². The molecule has 237 valence electrons. The maximum atomic E-state index is 8.52. The van der Waals surface area contributed by atoms with Gasteiger partial charge in [-0.05, 0) is 41.7 Å². The molecule has 0 saturated heterocycles. The van der Waals surface area contributed by atoms with Crippen LogP contribution in [-0.4, -0.2) is 23.2 Å². The summed E-state index contributed by atoms with van der Waals surface area (Å²) in [4.78, 5) is 8.98. The van der Waals surface area contributed by atoms with Crippen molar-refractivity contribution in [1.29, 1.82) is 0 Å². The zero-order valence-corrected chi connectivity index (χ0v) is 31.4. The molecule has 0 aliphatic rings. The van der Waals surface area contributed by atoms with Gasteiger partial charge in [-0.15, -0.1) is 18.2 Å². The second-order valence-corrected chi connectivity index (χ2v) is 23.3. The Morgan fingerprint density at radius 1 is 0.723 bits per heavy atom. The first-order valence-electron chi connectivity index (χ1n) is 17.3. The monoisotopic (exact) mass is 859 g/mol. The van der Waals surface area contributed by atoms with Crippen LogP contribution in [0.5, 0.6) is 0 Å². The summed E-state index contributed by atoms with van der Waals surface area (Å²) in [5, 5.41) is 3.80. The van der Waals surface area contributed by atoms with E-state index < -0.39 is 26.0 Å². The topological polar surface area (TPSA) is 52.1 Å². The van der Waals surface area contributed by atoms with Gasteiger partial charge in [-0.1, -0.05) is 55.1 Å². The van der Waals surface area contributed by atoms with E-state index >= 15 is 0 Å². The summed E-state index contributed by atoms with van der Waals surface area (Å²) in [7, 11) is 0. The van der Waals surface area contributed by atoms with Crippen LogP contribution in [0.1, 0.15) is 36.4 Å². The van der Waals surface area contributed by atoms with Gasteiger partial charge in [0.05, 0.1) is 5.58 Å². The number of furan rings is 2. The van der Waals surface area contributed by atoms with Crippen molar-refractivity contribution in [2.45, 2.75) is 43.9 Å². The van der Waals surface area contributed by atoms with Crippen LogP contribution in [0.3, 0.4) is 0 Å². The van der Waals surface area contributed by atoms with E-state index in [-0.39, 0.29) is 25.7 Å². The molecule has 4 aromatic carbocycles. The molecule has 0 N–H and O–H groups in total. The van der Waals surface area contributed by atoms with Gasteiger partial charge in [0.2, 0.25) is 0 Å². The van der Waals surface area contributed by atoms with E-state index in [0.717, 1.165) is 38.4 Å². The molecule has 0 spiro atoms. The van der Waals surface area contributed by atoms with E-state index in [0.29, 0.717) is 33.6 Å². The van der Waals surface area contributed by atoms with Crippen molar-refractivity contribution < 1.29 is 34.4 Å². The van der Waals surface area contributed by atoms with E-state index in [1.165, 1.54) is 10.6 Å². The van der Waals surface area contributed by atoms with Crippen LogP contribution in [0.15, 0.2) is 112 Å². The normalized spacial score (nSPS) is 13.4. The van der Waals surface area contributed by atoms with E-state index in [1.807, 2.05) is 72.9 Å². The Labute approximate surface area is 297 Å². The first kappa shape index (κ1) is 28.0. The number of hydrogen-bond acceptors (Lipinski definition) is 4. The average Bonchev–Trinajstić information content (AvgIpc) is 3.66. The molecule has 0 amide bonds. The van der Waals surface area contributed by atoms with Gasteiger partial charge in [0.1, 0.15) is 5.58 Å². The summed E-state index contributed by atoms with van der Waals surface area (Å²) in [6.45, 7) is 0.984. The molecule has 47 heavy (non-hydrogen) atoms.